The summed E-state index contributed by atoms with van der Waals surface area (Å²) in [6.45, 7) is 3.86. The second-order valence-corrected chi connectivity index (χ2v) is 7.45. The van der Waals surface area contributed by atoms with Crippen LogP contribution in [0.15, 0.2) is 52.7 Å². The molecule has 0 aliphatic carbocycles. The highest BCUT2D eigenvalue weighted by molar-refractivity contribution is 7.53. The number of nitrogens with zero attached hydrogens (tertiary/aromatic N) is 3. The summed E-state index contributed by atoms with van der Waals surface area (Å²) in [7, 11) is -3.38. The Labute approximate surface area is 156 Å². The van der Waals surface area contributed by atoms with E-state index in [1.165, 1.54) is 36.4 Å². The lowest BCUT2D eigenvalue weighted by Gasteiger charge is -2.17. The molecule has 0 saturated heterocycles. The topological polar surface area (TPSA) is 124 Å². The molecule has 0 fully saturated rings. The Morgan fingerprint density at radius 3 is 2.15 bits per heavy atom. The average molecular weight is 393 g/mol. The molecule has 9 nitrogen and oxygen atoms in total. The fraction of sp³-hybridized carbons (Fsp3) is 0.294. The van der Waals surface area contributed by atoms with Crippen molar-refractivity contribution in [2.75, 3.05) is 13.2 Å². The lowest BCUT2D eigenvalue weighted by atomic mass is 10.2. The number of azo groups is 1. The van der Waals surface area contributed by atoms with Crippen LogP contribution in [0.3, 0.4) is 0 Å². The van der Waals surface area contributed by atoms with E-state index in [0.717, 1.165) is 0 Å². The van der Waals surface area contributed by atoms with E-state index in [0.29, 0.717) is 16.9 Å². The molecule has 2 aromatic rings. The highest BCUT2D eigenvalue weighted by Gasteiger charge is 2.25. The number of hydrogen-bond donors (Lipinski definition) is 1. The number of aromatic hydroxyl groups is 1. The zero-order valence-electron chi connectivity index (χ0n) is 14.9. The summed E-state index contributed by atoms with van der Waals surface area (Å²) < 4.78 is 23.1. The third kappa shape index (κ3) is 5.96. The van der Waals surface area contributed by atoms with Crippen molar-refractivity contribution in [3.63, 3.8) is 0 Å². The van der Waals surface area contributed by atoms with Gasteiger partial charge in [-0.3, -0.25) is 14.7 Å². The van der Waals surface area contributed by atoms with Crippen LogP contribution in [0.25, 0.3) is 0 Å². The van der Waals surface area contributed by atoms with Crippen molar-refractivity contribution in [3.05, 3.63) is 58.1 Å². The third-order valence-electron chi connectivity index (χ3n) is 3.42. The van der Waals surface area contributed by atoms with Gasteiger partial charge in [0.05, 0.1) is 35.7 Å². The van der Waals surface area contributed by atoms with Gasteiger partial charge in [-0.25, -0.2) is 0 Å². The Hall–Kier alpha value is -2.61. The molecule has 0 saturated carbocycles. The van der Waals surface area contributed by atoms with Gasteiger partial charge in [0.25, 0.3) is 5.69 Å². The van der Waals surface area contributed by atoms with E-state index >= 15 is 0 Å². The number of non-ortho nitro benzene ring substituents is 1. The van der Waals surface area contributed by atoms with E-state index < -0.39 is 12.5 Å². The smallest absolute Gasteiger partial charge is 0.335 e. The Bertz CT molecular complexity index is 859. The predicted octanol–water partition coefficient (Wildman–Crippen LogP) is 5.48. The second kappa shape index (κ2) is 9.36. The third-order valence-corrected chi connectivity index (χ3v) is 5.45. The normalized spacial score (nSPS) is 11.8. The number of phenolic OH excluding ortho intramolecular Hbond substituents is 1. The van der Waals surface area contributed by atoms with Crippen LogP contribution in [-0.4, -0.2) is 23.2 Å². The SMILES string of the molecule is CCOP(=O)(Cc1cc(N=Nc2ccc([N+](=O)[O-])cc2)ccc1O)OCC. The molecule has 0 radical (unpaired) electrons. The van der Waals surface area contributed by atoms with Crippen LogP contribution in [-0.2, 0) is 19.8 Å². The van der Waals surface area contributed by atoms with Crippen LogP contribution in [0.2, 0.25) is 0 Å². The van der Waals surface area contributed by atoms with E-state index in [-0.39, 0.29) is 30.8 Å². The van der Waals surface area contributed by atoms with Crippen LogP contribution in [0.4, 0.5) is 17.1 Å². The maximum absolute atomic E-state index is 12.6. The minimum Gasteiger partial charge on any atom is -0.508 e. The summed E-state index contributed by atoms with van der Waals surface area (Å²) in [4.78, 5) is 10.2. The number of rotatable bonds is 9. The van der Waals surface area contributed by atoms with E-state index in [1.54, 1.807) is 19.9 Å². The molecule has 0 amide bonds. The lowest BCUT2D eigenvalue weighted by molar-refractivity contribution is -0.384. The van der Waals surface area contributed by atoms with Crippen molar-refractivity contribution >= 4 is 24.7 Å². The Balaban J connectivity index is 2.20. The van der Waals surface area contributed by atoms with Gasteiger partial charge in [0.15, 0.2) is 0 Å². The van der Waals surface area contributed by atoms with E-state index in [4.69, 9.17) is 9.05 Å². The first-order valence-electron chi connectivity index (χ1n) is 8.23. The Morgan fingerprint density at radius 2 is 1.59 bits per heavy atom. The zero-order valence-corrected chi connectivity index (χ0v) is 15.8. The summed E-state index contributed by atoms with van der Waals surface area (Å²) in [6.07, 6.45) is -0.0958. The largest absolute Gasteiger partial charge is 0.508 e. The minimum absolute atomic E-state index is 0.0385. The van der Waals surface area contributed by atoms with Gasteiger partial charge in [-0.05, 0) is 44.2 Å². The minimum atomic E-state index is -3.38. The molecular weight excluding hydrogens is 373 g/mol. The van der Waals surface area contributed by atoms with Crippen LogP contribution >= 0.6 is 7.60 Å². The summed E-state index contributed by atoms with van der Waals surface area (Å²) >= 11 is 0. The fourth-order valence-corrected chi connectivity index (χ4v) is 3.96. The van der Waals surface area contributed by atoms with Gasteiger partial charge in [-0.15, -0.1) is 0 Å². The summed E-state index contributed by atoms with van der Waals surface area (Å²) in [5, 5.41) is 28.7. The first-order valence-corrected chi connectivity index (χ1v) is 9.96. The van der Waals surface area contributed by atoms with Crippen molar-refractivity contribution in [1.82, 2.24) is 0 Å². The molecular formula is C17H20N3O6P. The molecule has 0 bridgehead atoms. The van der Waals surface area contributed by atoms with Crippen molar-refractivity contribution in [1.29, 1.82) is 0 Å². The maximum Gasteiger partial charge on any atom is 0.335 e. The molecule has 0 atom stereocenters. The highest BCUT2D eigenvalue weighted by atomic mass is 31.2. The number of phenols is 1. The molecule has 10 heteroatoms. The van der Waals surface area contributed by atoms with Crippen molar-refractivity contribution in [2.45, 2.75) is 20.0 Å². The summed E-state index contributed by atoms with van der Waals surface area (Å²) in [6, 6.07) is 10.1. The predicted molar refractivity (Wildman–Crippen MR) is 99.9 cm³/mol. The summed E-state index contributed by atoms with van der Waals surface area (Å²) in [5.41, 5.74) is 1.18. The maximum atomic E-state index is 12.6. The van der Waals surface area contributed by atoms with Crippen LogP contribution in [0.1, 0.15) is 19.4 Å². The van der Waals surface area contributed by atoms with Crippen molar-refractivity contribution in [2.24, 2.45) is 10.2 Å². The van der Waals surface area contributed by atoms with Gasteiger partial charge < -0.3 is 14.2 Å². The van der Waals surface area contributed by atoms with E-state index in [2.05, 4.69) is 10.2 Å². The Morgan fingerprint density at radius 1 is 1.04 bits per heavy atom. The average Bonchev–Trinajstić information content (AvgIpc) is 2.63. The number of benzene rings is 2. The molecule has 0 heterocycles. The quantitative estimate of drug-likeness (QED) is 0.260. The van der Waals surface area contributed by atoms with Gasteiger partial charge >= 0.3 is 7.60 Å². The number of nitro groups is 1. The monoisotopic (exact) mass is 393 g/mol. The molecule has 0 aliphatic heterocycles. The molecule has 2 rings (SSSR count). The van der Waals surface area contributed by atoms with Gasteiger partial charge in [-0.2, -0.15) is 10.2 Å². The van der Waals surface area contributed by atoms with Crippen LogP contribution in [0, 0.1) is 10.1 Å². The van der Waals surface area contributed by atoms with Crippen molar-refractivity contribution in [3.8, 4) is 5.75 Å². The molecule has 144 valence electrons. The Kier molecular flexibility index (Phi) is 7.18. The van der Waals surface area contributed by atoms with Gasteiger partial charge in [0, 0.05) is 17.7 Å². The summed E-state index contributed by atoms with van der Waals surface area (Å²) in [5.74, 6) is -0.0519. The first kappa shape index (κ1) is 20.7. The fourth-order valence-electron chi connectivity index (χ4n) is 2.25. The van der Waals surface area contributed by atoms with Gasteiger partial charge in [0.2, 0.25) is 0 Å². The molecule has 0 spiro atoms. The molecule has 0 aromatic heterocycles. The van der Waals surface area contributed by atoms with Gasteiger partial charge in [0.1, 0.15) is 5.75 Å². The van der Waals surface area contributed by atoms with Crippen LogP contribution < -0.4 is 0 Å². The molecule has 2 aromatic carbocycles. The van der Waals surface area contributed by atoms with E-state index in [9.17, 15) is 19.8 Å². The molecule has 27 heavy (non-hydrogen) atoms. The van der Waals surface area contributed by atoms with Gasteiger partial charge in [-0.1, -0.05) is 0 Å². The number of nitro benzene ring substituents is 1. The number of hydrogen-bond acceptors (Lipinski definition) is 8. The van der Waals surface area contributed by atoms with Crippen LogP contribution in [0.5, 0.6) is 5.75 Å². The second-order valence-electron chi connectivity index (χ2n) is 5.39. The molecule has 0 aliphatic rings. The van der Waals surface area contributed by atoms with E-state index in [1.807, 2.05) is 0 Å². The molecule has 0 unspecified atom stereocenters. The first-order chi connectivity index (χ1) is 12.9. The van der Waals surface area contributed by atoms with Crippen molar-refractivity contribution < 1.29 is 23.6 Å². The lowest BCUT2D eigenvalue weighted by Crippen LogP contribution is -1.99. The highest BCUT2D eigenvalue weighted by Crippen LogP contribution is 2.52. The molecule has 1 N–H and O–H groups in total. The standard InChI is InChI=1S/C17H20N3O6P/c1-3-25-27(24,26-4-2)12-13-11-15(7-10-17(13)21)19-18-14-5-8-16(9-6-14)20(22)23/h5-11,21H,3-4,12H2,1-2H3. The zero-order chi connectivity index (χ0) is 19.9.